The summed E-state index contributed by atoms with van der Waals surface area (Å²) in [4.78, 5) is 14.5. The normalized spacial score (nSPS) is 15.2. The minimum absolute atomic E-state index is 0.138. The van der Waals surface area contributed by atoms with Gasteiger partial charge in [-0.1, -0.05) is 13.8 Å². The predicted octanol–water partition coefficient (Wildman–Crippen LogP) is 0.211. The third-order valence-electron chi connectivity index (χ3n) is 2.09. The Hall–Kier alpha value is -1.59. The molecule has 0 saturated heterocycles. The number of aliphatic carboxylic acids is 1. The number of carboxylic acids is 1. The third kappa shape index (κ3) is 1.95. The molecule has 1 aromatic rings. The minimum atomic E-state index is -0.859. The highest BCUT2D eigenvalue weighted by molar-refractivity contribution is 5.70. The molecule has 0 aromatic carbocycles. The quantitative estimate of drug-likeness (QED) is 0.622. The molecule has 0 saturated carbocycles. The second-order valence-corrected chi connectivity index (χ2v) is 2.99. The molecule has 1 aromatic heterocycles. The second-order valence-electron chi connectivity index (χ2n) is 2.99. The van der Waals surface area contributed by atoms with E-state index < -0.39 is 11.9 Å². The standard InChI is InChI=1S/C7H12N4O2/c1-3(4(2)6(12)13)5-9-7(8)11-10-5/h3-4H,1-2H3,(H,12,13)(H3,8,9,10,11). The van der Waals surface area contributed by atoms with Gasteiger partial charge in [-0.2, -0.15) is 4.98 Å². The van der Waals surface area contributed by atoms with Crippen LogP contribution < -0.4 is 5.73 Å². The topological polar surface area (TPSA) is 105 Å². The van der Waals surface area contributed by atoms with Crippen LogP contribution in [0.1, 0.15) is 25.6 Å². The Labute approximate surface area is 75.2 Å². The molecule has 13 heavy (non-hydrogen) atoms. The van der Waals surface area contributed by atoms with Crippen LogP contribution in [0.25, 0.3) is 0 Å². The molecule has 0 bridgehead atoms. The van der Waals surface area contributed by atoms with Gasteiger partial charge in [0, 0.05) is 5.92 Å². The zero-order chi connectivity index (χ0) is 10.0. The molecular weight excluding hydrogens is 172 g/mol. The lowest BCUT2D eigenvalue weighted by Crippen LogP contribution is -2.17. The van der Waals surface area contributed by atoms with Crippen molar-refractivity contribution in [3.8, 4) is 0 Å². The molecule has 1 rings (SSSR count). The summed E-state index contributed by atoms with van der Waals surface area (Å²) in [6.45, 7) is 3.38. The van der Waals surface area contributed by atoms with E-state index in [1.807, 2.05) is 0 Å². The monoisotopic (exact) mass is 184 g/mol. The summed E-state index contributed by atoms with van der Waals surface area (Å²) in [5, 5.41) is 14.9. The SMILES string of the molecule is CC(C(=O)O)C(C)c1nc(N)n[nH]1. The fourth-order valence-electron chi connectivity index (χ4n) is 0.942. The molecule has 0 aliphatic carbocycles. The van der Waals surface area contributed by atoms with Crippen molar-refractivity contribution in [2.75, 3.05) is 5.73 Å². The van der Waals surface area contributed by atoms with Gasteiger partial charge in [0.05, 0.1) is 5.92 Å². The van der Waals surface area contributed by atoms with Crippen LogP contribution >= 0.6 is 0 Å². The van der Waals surface area contributed by atoms with E-state index in [1.165, 1.54) is 0 Å². The Balaban J connectivity index is 2.78. The Morgan fingerprint density at radius 2 is 2.23 bits per heavy atom. The highest BCUT2D eigenvalue weighted by Crippen LogP contribution is 2.20. The number of aromatic nitrogens is 3. The van der Waals surface area contributed by atoms with Gasteiger partial charge in [0.1, 0.15) is 5.82 Å². The Morgan fingerprint density at radius 3 is 2.62 bits per heavy atom. The Morgan fingerprint density at radius 1 is 1.62 bits per heavy atom. The van der Waals surface area contributed by atoms with Crippen LogP contribution in [0.4, 0.5) is 5.95 Å². The van der Waals surface area contributed by atoms with Gasteiger partial charge in [-0.25, -0.2) is 0 Å². The lowest BCUT2D eigenvalue weighted by atomic mass is 9.96. The van der Waals surface area contributed by atoms with Crippen molar-refractivity contribution in [1.82, 2.24) is 15.2 Å². The summed E-state index contributed by atoms with van der Waals surface area (Å²) in [7, 11) is 0. The molecule has 0 spiro atoms. The Kier molecular flexibility index (Phi) is 2.50. The average molecular weight is 184 g/mol. The fraction of sp³-hybridized carbons (Fsp3) is 0.571. The molecule has 1 heterocycles. The van der Waals surface area contributed by atoms with E-state index >= 15 is 0 Å². The van der Waals surface area contributed by atoms with Crippen LogP contribution in [0.5, 0.6) is 0 Å². The first-order chi connectivity index (χ1) is 6.02. The van der Waals surface area contributed by atoms with Crippen LogP contribution in [-0.2, 0) is 4.79 Å². The summed E-state index contributed by atoms with van der Waals surface area (Å²) in [5.41, 5.74) is 5.29. The molecule has 0 fully saturated rings. The number of hydrogen-bond acceptors (Lipinski definition) is 4. The van der Waals surface area contributed by atoms with E-state index in [0.717, 1.165) is 0 Å². The number of anilines is 1. The van der Waals surface area contributed by atoms with E-state index in [4.69, 9.17) is 10.8 Å². The van der Waals surface area contributed by atoms with Crippen LogP contribution in [0.3, 0.4) is 0 Å². The first-order valence-corrected chi connectivity index (χ1v) is 3.93. The van der Waals surface area contributed by atoms with Crippen LogP contribution in [0, 0.1) is 5.92 Å². The maximum atomic E-state index is 10.6. The number of nitrogens with two attached hydrogens (primary N) is 1. The number of hydrogen-bond donors (Lipinski definition) is 3. The highest BCUT2D eigenvalue weighted by atomic mass is 16.4. The number of H-pyrrole nitrogens is 1. The van der Waals surface area contributed by atoms with E-state index in [1.54, 1.807) is 13.8 Å². The van der Waals surface area contributed by atoms with Gasteiger partial charge in [-0.05, 0) is 0 Å². The molecule has 0 amide bonds. The van der Waals surface area contributed by atoms with Gasteiger partial charge < -0.3 is 10.8 Å². The van der Waals surface area contributed by atoms with Gasteiger partial charge in [-0.15, -0.1) is 5.10 Å². The van der Waals surface area contributed by atoms with Crippen molar-refractivity contribution in [2.45, 2.75) is 19.8 Å². The summed E-state index contributed by atoms with van der Waals surface area (Å²) < 4.78 is 0. The number of carboxylic acid groups (broad SMARTS) is 1. The molecule has 4 N–H and O–H groups in total. The van der Waals surface area contributed by atoms with Gasteiger partial charge in [0.25, 0.3) is 0 Å². The summed E-state index contributed by atoms with van der Waals surface area (Å²) in [6.07, 6.45) is 0. The lowest BCUT2D eigenvalue weighted by Gasteiger charge is -2.11. The van der Waals surface area contributed by atoms with E-state index in [0.29, 0.717) is 5.82 Å². The second kappa shape index (κ2) is 3.42. The molecule has 6 nitrogen and oxygen atoms in total. The van der Waals surface area contributed by atoms with E-state index in [-0.39, 0.29) is 11.9 Å². The zero-order valence-corrected chi connectivity index (χ0v) is 7.48. The van der Waals surface area contributed by atoms with Gasteiger partial charge in [-0.3, -0.25) is 9.89 Å². The van der Waals surface area contributed by atoms with Crippen molar-refractivity contribution in [3.63, 3.8) is 0 Å². The van der Waals surface area contributed by atoms with Gasteiger partial charge in [0.15, 0.2) is 0 Å². The van der Waals surface area contributed by atoms with E-state index in [9.17, 15) is 4.79 Å². The number of aromatic amines is 1. The molecule has 0 aliphatic heterocycles. The summed E-state index contributed by atoms with van der Waals surface area (Å²) in [6, 6.07) is 0. The van der Waals surface area contributed by atoms with Crippen molar-refractivity contribution in [2.24, 2.45) is 5.92 Å². The molecule has 0 aliphatic rings. The molecule has 0 radical (unpaired) electrons. The molecule has 72 valence electrons. The fourth-order valence-corrected chi connectivity index (χ4v) is 0.942. The largest absolute Gasteiger partial charge is 0.481 e. The number of carbonyl (C=O) groups is 1. The van der Waals surface area contributed by atoms with E-state index in [2.05, 4.69) is 15.2 Å². The number of rotatable bonds is 3. The summed E-state index contributed by atoms with van der Waals surface area (Å²) >= 11 is 0. The smallest absolute Gasteiger partial charge is 0.306 e. The number of nitrogens with one attached hydrogen (secondary N) is 1. The van der Waals surface area contributed by atoms with Crippen LogP contribution in [0.15, 0.2) is 0 Å². The van der Waals surface area contributed by atoms with Crippen molar-refractivity contribution in [1.29, 1.82) is 0 Å². The Bertz CT molecular complexity index is 309. The third-order valence-corrected chi connectivity index (χ3v) is 2.09. The molecule has 2 atom stereocenters. The predicted molar refractivity (Wildman–Crippen MR) is 46.0 cm³/mol. The first kappa shape index (κ1) is 9.50. The number of nitrogens with zero attached hydrogens (tertiary/aromatic N) is 2. The molecule has 2 unspecified atom stereocenters. The lowest BCUT2D eigenvalue weighted by molar-refractivity contribution is -0.141. The van der Waals surface area contributed by atoms with Crippen molar-refractivity contribution < 1.29 is 9.90 Å². The van der Waals surface area contributed by atoms with Crippen molar-refractivity contribution >= 4 is 11.9 Å². The first-order valence-electron chi connectivity index (χ1n) is 3.93. The summed E-state index contributed by atoms with van der Waals surface area (Å²) in [5.74, 6) is -0.941. The van der Waals surface area contributed by atoms with Gasteiger partial charge in [0.2, 0.25) is 5.95 Å². The van der Waals surface area contributed by atoms with Crippen LogP contribution in [0.2, 0.25) is 0 Å². The van der Waals surface area contributed by atoms with Crippen LogP contribution in [-0.4, -0.2) is 26.3 Å². The highest BCUT2D eigenvalue weighted by Gasteiger charge is 2.23. The molecule has 6 heteroatoms. The van der Waals surface area contributed by atoms with Gasteiger partial charge >= 0.3 is 5.97 Å². The minimum Gasteiger partial charge on any atom is -0.481 e. The molecular formula is C7H12N4O2. The number of nitrogen functional groups attached to an aromatic ring is 1. The van der Waals surface area contributed by atoms with Crippen molar-refractivity contribution in [3.05, 3.63) is 5.82 Å². The maximum absolute atomic E-state index is 10.6. The zero-order valence-electron chi connectivity index (χ0n) is 7.48. The maximum Gasteiger partial charge on any atom is 0.306 e. The average Bonchev–Trinajstić information content (AvgIpc) is 2.49.